The third-order valence-electron chi connectivity index (χ3n) is 3.19. The van der Waals surface area contributed by atoms with Gasteiger partial charge < -0.3 is 10.6 Å². The maximum absolute atomic E-state index is 12.0. The summed E-state index contributed by atoms with van der Waals surface area (Å²) in [5.41, 5.74) is 6.01. The number of sulfonamides is 1. The van der Waals surface area contributed by atoms with Crippen molar-refractivity contribution in [3.8, 4) is 0 Å². The molecule has 0 atom stereocenters. The van der Waals surface area contributed by atoms with E-state index < -0.39 is 10.0 Å². The lowest BCUT2D eigenvalue weighted by Gasteiger charge is -2.15. The lowest BCUT2D eigenvalue weighted by Crippen LogP contribution is -2.38. The highest BCUT2D eigenvalue weighted by Crippen LogP contribution is 2.09. The molecule has 2 heterocycles. The molecule has 0 spiro atoms. The fraction of sp³-hybridized carbons (Fsp3) is 0.500. The first-order chi connectivity index (χ1) is 9.53. The van der Waals surface area contributed by atoms with Crippen LogP contribution in [0, 0.1) is 0 Å². The fourth-order valence-corrected chi connectivity index (χ4v) is 2.93. The van der Waals surface area contributed by atoms with Gasteiger partial charge in [0.05, 0.1) is 12.2 Å². The molecule has 2 rings (SSSR count). The Kier molecular flexibility index (Phi) is 4.69. The van der Waals surface area contributed by atoms with Crippen LogP contribution in [0.2, 0.25) is 0 Å². The van der Waals surface area contributed by atoms with E-state index in [9.17, 15) is 13.2 Å². The highest BCUT2D eigenvalue weighted by atomic mass is 32.2. The predicted octanol–water partition coefficient (Wildman–Crippen LogP) is -0.559. The second-order valence-electron chi connectivity index (χ2n) is 4.60. The summed E-state index contributed by atoms with van der Waals surface area (Å²) in [7, 11) is -3.71. The molecule has 7 nitrogen and oxygen atoms in total. The van der Waals surface area contributed by atoms with Crippen LogP contribution in [0.1, 0.15) is 18.5 Å². The first-order valence-corrected chi connectivity index (χ1v) is 7.94. The van der Waals surface area contributed by atoms with Gasteiger partial charge in [0.25, 0.3) is 0 Å². The molecule has 1 aromatic heterocycles. The van der Waals surface area contributed by atoms with Gasteiger partial charge >= 0.3 is 0 Å². The zero-order valence-corrected chi connectivity index (χ0v) is 11.9. The van der Waals surface area contributed by atoms with E-state index >= 15 is 0 Å². The van der Waals surface area contributed by atoms with E-state index in [1.54, 1.807) is 11.0 Å². The first-order valence-electron chi connectivity index (χ1n) is 6.45. The molecule has 1 fully saturated rings. The summed E-state index contributed by atoms with van der Waals surface area (Å²) in [6, 6.07) is 2.98. The average molecular weight is 298 g/mol. The van der Waals surface area contributed by atoms with Gasteiger partial charge in [-0.1, -0.05) is 0 Å². The standard InChI is InChI=1S/C12H18N4O3S/c13-7-10-3-4-11(8-14-10)20(18,19)15-9-12(17)16-5-1-2-6-16/h3-4,8,15H,1-2,5-7,9,13H2. The van der Waals surface area contributed by atoms with Gasteiger partial charge in [-0.15, -0.1) is 0 Å². The van der Waals surface area contributed by atoms with E-state index in [0.29, 0.717) is 18.8 Å². The Morgan fingerprint density at radius 2 is 2.05 bits per heavy atom. The van der Waals surface area contributed by atoms with Gasteiger partial charge in [0.1, 0.15) is 4.90 Å². The molecule has 20 heavy (non-hydrogen) atoms. The van der Waals surface area contributed by atoms with Gasteiger partial charge in [0.15, 0.2) is 0 Å². The third kappa shape index (κ3) is 3.53. The first kappa shape index (κ1) is 14.9. The summed E-state index contributed by atoms with van der Waals surface area (Å²) in [6.45, 7) is 1.43. The lowest BCUT2D eigenvalue weighted by atomic mass is 10.4. The number of pyridine rings is 1. The Morgan fingerprint density at radius 1 is 1.35 bits per heavy atom. The SMILES string of the molecule is NCc1ccc(S(=O)(=O)NCC(=O)N2CCCC2)cn1. The molecule has 0 saturated carbocycles. The van der Waals surface area contributed by atoms with Crippen molar-refractivity contribution in [1.29, 1.82) is 0 Å². The van der Waals surface area contributed by atoms with E-state index in [4.69, 9.17) is 5.73 Å². The molecule has 0 aliphatic carbocycles. The zero-order valence-electron chi connectivity index (χ0n) is 11.1. The lowest BCUT2D eigenvalue weighted by molar-refractivity contribution is -0.128. The number of aromatic nitrogens is 1. The summed E-state index contributed by atoms with van der Waals surface area (Å²) >= 11 is 0. The summed E-state index contributed by atoms with van der Waals surface area (Å²) in [5.74, 6) is -0.197. The minimum absolute atomic E-state index is 0.0314. The summed E-state index contributed by atoms with van der Waals surface area (Å²) in [5, 5.41) is 0. The summed E-state index contributed by atoms with van der Waals surface area (Å²) in [6.07, 6.45) is 3.19. The van der Waals surface area contributed by atoms with Crippen molar-refractivity contribution >= 4 is 15.9 Å². The van der Waals surface area contributed by atoms with Crippen LogP contribution in [-0.2, 0) is 21.4 Å². The maximum Gasteiger partial charge on any atom is 0.242 e. The highest BCUT2D eigenvalue weighted by Gasteiger charge is 2.21. The van der Waals surface area contributed by atoms with Crippen molar-refractivity contribution in [3.63, 3.8) is 0 Å². The Morgan fingerprint density at radius 3 is 2.60 bits per heavy atom. The molecule has 110 valence electrons. The molecule has 0 radical (unpaired) electrons. The largest absolute Gasteiger partial charge is 0.342 e. The molecule has 1 aliphatic heterocycles. The molecular weight excluding hydrogens is 280 g/mol. The zero-order chi connectivity index (χ0) is 14.6. The quantitative estimate of drug-likeness (QED) is 0.758. The molecule has 3 N–H and O–H groups in total. The highest BCUT2D eigenvalue weighted by molar-refractivity contribution is 7.89. The van der Waals surface area contributed by atoms with Crippen molar-refractivity contribution in [2.24, 2.45) is 5.73 Å². The number of nitrogens with zero attached hydrogens (tertiary/aromatic N) is 2. The normalized spacial score (nSPS) is 15.6. The van der Waals surface area contributed by atoms with Crippen LogP contribution < -0.4 is 10.5 Å². The molecule has 0 bridgehead atoms. The van der Waals surface area contributed by atoms with Crippen LogP contribution in [-0.4, -0.2) is 43.8 Å². The van der Waals surface area contributed by atoms with Crippen LogP contribution in [0.15, 0.2) is 23.2 Å². The molecule has 1 aliphatic rings. The maximum atomic E-state index is 12.0. The van der Waals surface area contributed by atoms with Crippen LogP contribution in [0.4, 0.5) is 0 Å². The third-order valence-corrected chi connectivity index (χ3v) is 4.58. The Bertz CT molecular complexity index is 565. The van der Waals surface area contributed by atoms with Gasteiger partial charge in [-0.05, 0) is 25.0 Å². The van der Waals surface area contributed by atoms with Crippen LogP contribution in [0.25, 0.3) is 0 Å². The number of nitrogens with two attached hydrogens (primary N) is 1. The number of likely N-dealkylation sites (tertiary alicyclic amines) is 1. The number of carbonyl (C=O) groups excluding carboxylic acids is 1. The molecule has 1 amide bonds. The van der Waals surface area contributed by atoms with Crippen molar-refractivity contribution in [2.45, 2.75) is 24.3 Å². The Balaban J connectivity index is 1.97. The van der Waals surface area contributed by atoms with Crippen LogP contribution in [0.5, 0.6) is 0 Å². The summed E-state index contributed by atoms with van der Waals surface area (Å²) < 4.78 is 26.3. The molecule has 0 unspecified atom stereocenters. The second kappa shape index (κ2) is 6.29. The monoisotopic (exact) mass is 298 g/mol. The van der Waals surface area contributed by atoms with Crippen molar-refractivity contribution in [1.82, 2.24) is 14.6 Å². The predicted molar refractivity (Wildman–Crippen MR) is 73.1 cm³/mol. The minimum Gasteiger partial charge on any atom is -0.342 e. The Labute approximate surface area is 118 Å². The van der Waals surface area contributed by atoms with Crippen LogP contribution >= 0.6 is 0 Å². The number of amides is 1. The van der Waals surface area contributed by atoms with E-state index in [0.717, 1.165) is 12.8 Å². The number of carbonyl (C=O) groups is 1. The van der Waals surface area contributed by atoms with E-state index in [2.05, 4.69) is 9.71 Å². The van der Waals surface area contributed by atoms with E-state index in [-0.39, 0.29) is 23.9 Å². The van der Waals surface area contributed by atoms with Crippen molar-refractivity contribution < 1.29 is 13.2 Å². The molecule has 8 heteroatoms. The van der Waals surface area contributed by atoms with E-state index in [1.807, 2.05) is 0 Å². The van der Waals surface area contributed by atoms with Gasteiger partial charge in [0, 0.05) is 25.8 Å². The number of rotatable bonds is 5. The minimum atomic E-state index is -3.71. The van der Waals surface area contributed by atoms with Gasteiger partial charge in [-0.2, -0.15) is 0 Å². The number of hydrogen-bond donors (Lipinski definition) is 2. The Hall–Kier alpha value is -1.51. The van der Waals surface area contributed by atoms with Gasteiger partial charge in [-0.25, -0.2) is 13.1 Å². The summed E-state index contributed by atoms with van der Waals surface area (Å²) in [4.78, 5) is 17.4. The van der Waals surface area contributed by atoms with Crippen LogP contribution in [0.3, 0.4) is 0 Å². The number of nitrogens with one attached hydrogen (secondary N) is 1. The molecular formula is C12H18N4O3S. The average Bonchev–Trinajstić information content (AvgIpc) is 2.99. The molecule has 1 aromatic rings. The van der Waals surface area contributed by atoms with Gasteiger partial charge in [0.2, 0.25) is 15.9 Å². The van der Waals surface area contributed by atoms with Gasteiger partial charge in [-0.3, -0.25) is 9.78 Å². The molecule has 0 aromatic carbocycles. The topological polar surface area (TPSA) is 105 Å². The van der Waals surface area contributed by atoms with Crippen molar-refractivity contribution in [2.75, 3.05) is 19.6 Å². The van der Waals surface area contributed by atoms with Crippen molar-refractivity contribution in [3.05, 3.63) is 24.0 Å². The fourth-order valence-electron chi connectivity index (χ4n) is 2.01. The second-order valence-corrected chi connectivity index (χ2v) is 6.37. The van der Waals surface area contributed by atoms with E-state index in [1.165, 1.54) is 12.3 Å². The molecule has 1 saturated heterocycles. The number of hydrogen-bond acceptors (Lipinski definition) is 5. The smallest absolute Gasteiger partial charge is 0.242 e.